The van der Waals surface area contributed by atoms with E-state index in [-0.39, 0.29) is 6.61 Å². The SMILES string of the molecule is CC(C)=CCC/C(C)=C/COc1c(F)c(F)c(C#N)c(F)c1F. The largest absolute Gasteiger partial charge is 0.483 e. The molecule has 0 bridgehead atoms. The highest BCUT2D eigenvalue weighted by Gasteiger charge is 2.26. The zero-order valence-electron chi connectivity index (χ0n) is 13.1. The Bertz CT molecular complexity index is 654. The molecule has 0 saturated carbocycles. The summed E-state index contributed by atoms with van der Waals surface area (Å²) in [7, 11) is 0. The third kappa shape index (κ3) is 4.85. The van der Waals surface area contributed by atoms with Crippen molar-refractivity contribution in [2.45, 2.75) is 33.6 Å². The van der Waals surface area contributed by atoms with Gasteiger partial charge in [0.05, 0.1) is 0 Å². The second kappa shape index (κ2) is 8.37. The minimum Gasteiger partial charge on any atom is -0.483 e. The summed E-state index contributed by atoms with van der Waals surface area (Å²) in [6.45, 7) is 5.53. The maximum atomic E-state index is 13.6. The zero-order valence-corrected chi connectivity index (χ0v) is 13.1. The summed E-state index contributed by atoms with van der Waals surface area (Å²) in [5.74, 6) is -8.10. The minimum absolute atomic E-state index is 0.237. The van der Waals surface area contributed by atoms with Gasteiger partial charge in [-0.15, -0.1) is 0 Å². The topological polar surface area (TPSA) is 33.0 Å². The number of hydrogen-bond acceptors (Lipinski definition) is 2. The average molecular weight is 327 g/mol. The number of benzene rings is 1. The molecule has 0 spiro atoms. The van der Waals surface area contributed by atoms with E-state index >= 15 is 0 Å². The Hall–Kier alpha value is -2.29. The van der Waals surface area contributed by atoms with Gasteiger partial charge in [0.15, 0.2) is 17.4 Å². The number of nitrogens with zero attached hydrogens (tertiary/aromatic N) is 1. The van der Waals surface area contributed by atoms with Crippen molar-refractivity contribution in [3.63, 3.8) is 0 Å². The van der Waals surface area contributed by atoms with E-state index in [0.29, 0.717) is 0 Å². The first-order chi connectivity index (χ1) is 10.8. The summed E-state index contributed by atoms with van der Waals surface area (Å²) in [6, 6.07) is 1.08. The van der Waals surface area contributed by atoms with Crippen LogP contribution in [0.15, 0.2) is 23.3 Å². The van der Waals surface area contributed by atoms with E-state index in [2.05, 4.69) is 0 Å². The Labute approximate surface area is 132 Å². The average Bonchev–Trinajstić information content (AvgIpc) is 2.49. The van der Waals surface area contributed by atoms with Gasteiger partial charge in [0.25, 0.3) is 0 Å². The van der Waals surface area contributed by atoms with Gasteiger partial charge in [0.2, 0.25) is 11.6 Å². The van der Waals surface area contributed by atoms with Crippen LogP contribution in [0.5, 0.6) is 5.75 Å². The van der Waals surface area contributed by atoms with Crippen molar-refractivity contribution >= 4 is 0 Å². The summed E-state index contributed by atoms with van der Waals surface area (Å²) in [6.07, 6.45) is 5.16. The number of hydrogen-bond donors (Lipinski definition) is 0. The number of ether oxygens (including phenoxy) is 1. The van der Waals surface area contributed by atoms with Crippen molar-refractivity contribution in [2.75, 3.05) is 6.61 Å². The molecule has 124 valence electrons. The Morgan fingerprint density at radius 2 is 1.57 bits per heavy atom. The van der Waals surface area contributed by atoms with Gasteiger partial charge in [-0.1, -0.05) is 17.2 Å². The fraction of sp³-hybridized carbons (Fsp3) is 0.353. The van der Waals surface area contributed by atoms with Gasteiger partial charge in [-0.05, 0) is 39.7 Å². The summed E-state index contributed by atoms with van der Waals surface area (Å²) in [4.78, 5) is 0. The van der Waals surface area contributed by atoms with Crippen molar-refractivity contribution < 1.29 is 22.3 Å². The molecule has 0 radical (unpaired) electrons. The van der Waals surface area contributed by atoms with Crippen molar-refractivity contribution in [3.05, 3.63) is 52.1 Å². The Morgan fingerprint density at radius 1 is 1.00 bits per heavy atom. The third-order valence-electron chi connectivity index (χ3n) is 3.09. The highest BCUT2D eigenvalue weighted by atomic mass is 19.2. The van der Waals surface area contributed by atoms with E-state index in [1.807, 2.05) is 26.8 Å². The van der Waals surface area contributed by atoms with Crippen LogP contribution in [-0.4, -0.2) is 6.61 Å². The highest BCUT2D eigenvalue weighted by molar-refractivity contribution is 5.40. The molecule has 1 rings (SSSR count). The van der Waals surface area contributed by atoms with Crippen molar-refractivity contribution in [2.24, 2.45) is 0 Å². The number of allylic oxidation sites excluding steroid dienone is 3. The summed E-state index contributed by atoms with van der Waals surface area (Å²) >= 11 is 0. The molecule has 1 aromatic rings. The first kappa shape index (κ1) is 18.8. The molecular formula is C17H17F4NO. The molecule has 0 atom stereocenters. The Kier molecular flexibility index (Phi) is 6.83. The summed E-state index contributed by atoms with van der Waals surface area (Å²) in [5, 5.41) is 8.49. The molecule has 0 aliphatic carbocycles. The van der Waals surface area contributed by atoms with E-state index in [4.69, 9.17) is 10.00 Å². The minimum atomic E-state index is -1.76. The molecule has 0 aliphatic heterocycles. The van der Waals surface area contributed by atoms with Crippen LogP contribution in [0.25, 0.3) is 0 Å². The summed E-state index contributed by atoms with van der Waals surface area (Å²) < 4.78 is 58.9. The lowest BCUT2D eigenvalue weighted by Crippen LogP contribution is -2.07. The first-order valence-electron chi connectivity index (χ1n) is 6.97. The maximum absolute atomic E-state index is 13.6. The van der Waals surface area contributed by atoms with Gasteiger partial charge in [-0.25, -0.2) is 8.78 Å². The molecule has 0 fully saturated rings. The van der Waals surface area contributed by atoms with Crippen LogP contribution in [0.1, 0.15) is 39.2 Å². The smallest absolute Gasteiger partial charge is 0.205 e. The highest BCUT2D eigenvalue weighted by Crippen LogP contribution is 2.29. The molecule has 0 aromatic heterocycles. The Balaban J connectivity index is 2.83. The molecule has 1 aromatic carbocycles. The lowest BCUT2D eigenvalue weighted by atomic mass is 10.1. The molecule has 0 aliphatic rings. The van der Waals surface area contributed by atoms with Gasteiger partial charge < -0.3 is 4.74 Å². The normalized spacial score (nSPS) is 11.1. The number of rotatable bonds is 6. The quantitative estimate of drug-likeness (QED) is 0.409. The Morgan fingerprint density at radius 3 is 2.04 bits per heavy atom. The molecule has 0 saturated heterocycles. The lowest BCUT2D eigenvalue weighted by Gasteiger charge is -2.09. The fourth-order valence-electron chi connectivity index (χ4n) is 1.79. The first-order valence-corrected chi connectivity index (χ1v) is 6.97. The number of halogens is 4. The molecular weight excluding hydrogens is 310 g/mol. The van der Waals surface area contributed by atoms with E-state index < -0.39 is 34.6 Å². The van der Waals surface area contributed by atoms with Crippen molar-refractivity contribution in [1.29, 1.82) is 5.26 Å². The maximum Gasteiger partial charge on any atom is 0.205 e. The predicted octanol–water partition coefficient (Wildman–Crippen LogP) is 5.19. The van der Waals surface area contributed by atoms with Crippen LogP contribution in [0.4, 0.5) is 17.6 Å². The number of nitriles is 1. The third-order valence-corrected chi connectivity index (χ3v) is 3.09. The molecule has 6 heteroatoms. The second-order valence-electron chi connectivity index (χ2n) is 5.25. The standard InChI is InChI=1S/C17H17F4NO/c1-10(2)5-4-6-11(3)7-8-23-17-15(20)13(18)12(9-22)14(19)16(17)21/h5,7H,4,6,8H2,1-3H3/b11-7+. The predicted molar refractivity (Wildman–Crippen MR) is 78.9 cm³/mol. The van der Waals surface area contributed by atoms with Crippen LogP contribution >= 0.6 is 0 Å². The van der Waals surface area contributed by atoms with Gasteiger partial charge in [0.1, 0.15) is 18.2 Å². The van der Waals surface area contributed by atoms with Crippen molar-refractivity contribution in [1.82, 2.24) is 0 Å². The van der Waals surface area contributed by atoms with E-state index in [0.717, 1.165) is 24.5 Å². The van der Waals surface area contributed by atoms with Crippen LogP contribution in [0, 0.1) is 34.6 Å². The van der Waals surface area contributed by atoms with Crippen LogP contribution in [0.3, 0.4) is 0 Å². The van der Waals surface area contributed by atoms with Crippen LogP contribution in [0.2, 0.25) is 0 Å². The second-order valence-corrected chi connectivity index (χ2v) is 5.25. The van der Waals surface area contributed by atoms with Crippen molar-refractivity contribution in [3.8, 4) is 11.8 Å². The zero-order chi connectivity index (χ0) is 17.6. The van der Waals surface area contributed by atoms with Crippen LogP contribution < -0.4 is 4.74 Å². The molecule has 0 heterocycles. The molecule has 2 nitrogen and oxygen atoms in total. The van der Waals surface area contributed by atoms with E-state index in [9.17, 15) is 17.6 Å². The fourth-order valence-corrected chi connectivity index (χ4v) is 1.79. The van der Waals surface area contributed by atoms with Crippen LogP contribution in [-0.2, 0) is 0 Å². The van der Waals surface area contributed by atoms with Gasteiger partial charge in [-0.2, -0.15) is 14.0 Å². The molecule has 0 unspecified atom stereocenters. The molecule has 0 amide bonds. The van der Waals surface area contributed by atoms with Gasteiger partial charge in [-0.3, -0.25) is 0 Å². The summed E-state index contributed by atoms with van der Waals surface area (Å²) in [5.41, 5.74) is 0.792. The van der Waals surface area contributed by atoms with Gasteiger partial charge >= 0.3 is 0 Å². The molecule has 0 N–H and O–H groups in total. The van der Waals surface area contributed by atoms with E-state index in [1.165, 1.54) is 5.57 Å². The monoisotopic (exact) mass is 327 g/mol. The van der Waals surface area contributed by atoms with E-state index in [1.54, 1.807) is 6.08 Å². The van der Waals surface area contributed by atoms with Gasteiger partial charge in [0, 0.05) is 0 Å². The lowest BCUT2D eigenvalue weighted by molar-refractivity contribution is 0.300. The molecule has 23 heavy (non-hydrogen) atoms.